The third-order valence-corrected chi connectivity index (χ3v) is 3.38. The Morgan fingerprint density at radius 1 is 1.14 bits per heavy atom. The molecular formula is C16H20ClN3O2. The summed E-state index contributed by atoms with van der Waals surface area (Å²) in [5.41, 5.74) is 1.23. The van der Waals surface area contributed by atoms with Crippen LogP contribution >= 0.6 is 11.6 Å². The molecule has 0 fully saturated rings. The molecule has 118 valence electrons. The van der Waals surface area contributed by atoms with Crippen LogP contribution in [0.15, 0.2) is 35.3 Å². The summed E-state index contributed by atoms with van der Waals surface area (Å²) in [6.45, 7) is 4.07. The van der Waals surface area contributed by atoms with Crippen LogP contribution in [0.3, 0.4) is 0 Å². The number of ether oxygens (including phenoxy) is 1. The third kappa shape index (κ3) is 4.93. The van der Waals surface area contributed by atoms with Crippen LogP contribution in [0.1, 0.15) is 26.2 Å². The molecule has 6 heteroatoms. The van der Waals surface area contributed by atoms with E-state index in [4.69, 9.17) is 16.3 Å². The zero-order valence-corrected chi connectivity index (χ0v) is 13.4. The van der Waals surface area contributed by atoms with Crippen molar-refractivity contribution in [2.45, 2.75) is 32.7 Å². The van der Waals surface area contributed by atoms with E-state index in [-0.39, 0.29) is 5.56 Å². The van der Waals surface area contributed by atoms with E-state index in [0.717, 1.165) is 25.9 Å². The normalized spacial score (nSPS) is 10.8. The van der Waals surface area contributed by atoms with Gasteiger partial charge < -0.3 is 4.74 Å². The van der Waals surface area contributed by atoms with Gasteiger partial charge in [0, 0.05) is 32.0 Å². The molecule has 0 amide bonds. The SMILES string of the molecule is CCCCOCCCn1nc(-c2ccc(Cl)cn2)ccc1=O. The zero-order chi connectivity index (χ0) is 15.8. The number of pyridine rings is 1. The van der Waals surface area contributed by atoms with E-state index in [1.165, 1.54) is 10.7 Å². The van der Waals surface area contributed by atoms with Crippen molar-refractivity contribution in [3.05, 3.63) is 45.8 Å². The van der Waals surface area contributed by atoms with E-state index < -0.39 is 0 Å². The molecule has 0 atom stereocenters. The summed E-state index contributed by atoms with van der Waals surface area (Å²) < 4.78 is 6.95. The van der Waals surface area contributed by atoms with Crippen molar-refractivity contribution in [1.82, 2.24) is 14.8 Å². The van der Waals surface area contributed by atoms with Gasteiger partial charge in [-0.25, -0.2) is 4.68 Å². The second-order valence-electron chi connectivity index (χ2n) is 4.96. The predicted octanol–water partition coefficient (Wildman–Crippen LogP) is 3.17. The summed E-state index contributed by atoms with van der Waals surface area (Å²) in [5, 5.41) is 4.92. The van der Waals surface area contributed by atoms with Crippen LogP contribution in [-0.4, -0.2) is 28.0 Å². The second kappa shape index (κ2) is 8.66. The molecule has 0 N–H and O–H groups in total. The van der Waals surface area contributed by atoms with Crippen LogP contribution in [0.4, 0.5) is 0 Å². The van der Waals surface area contributed by atoms with Crippen molar-refractivity contribution in [3.8, 4) is 11.4 Å². The molecule has 2 heterocycles. The topological polar surface area (TPSA) is 57.0 Å². The van der Waals surface area contributed by atoms with Crippen molar-refractivity contribution in [2.24, 2.45) is 0 Å². The summed E-state index contributed by atoms with van der Waals surface area (Å²) in [4.78, 5) is 16.1. The fourth-order valence-corrected chi connectivity index (χ4v) is 2.05. The molecule has 0 aromatic carbocycles. The van der Waals surface area contributed by atoms with E-state index >= 15 is 0 Å². The second-order valence-corrected chi connectivity index (χ2v) is 5.40. The first-order valence-corrected chi connectivity index (χ1v) is 7.86. The fourth-order valence-electron chi connectivity index (χ4n) is 1.94. The molecule has 0 unspecified atom stereocenters. The minimum absolute atomic E-state index is 0.119. The predicted molar refractivity (Wildman–Crippen MR) is 87.1 cm³/mol. The van der Waals surface area contributed by atoms with E-state index in [0.29, 0.717) is 29.6 Å². The molecule has 0 spiro atoms. The minimum Gasteiger partial charge on any atom is -0.381 e. The van der Waals surface area contributed by atoms with Crippen LogP contribution in [-0.2, 0) is 11.3 Å². The first-order valence-electron chi connectivity index (χ1n) is 7.48. The van der Waals surface area contributed by atoms with Gasteiger partial charge in [-0.15, -0.1) is 0 Å². The van der Waals surface area contributed by atoms with Gasteiger partial charge in [-0.1, -0.05) is 24.9 Å². The van der Waals surface area contributed by atoms with Crippen molar-refractivity contribution >= 4 is 11.6 Å². The lowest BCUT2D eigenvalue weighted by atomic mass is 10.2. The van der Waals surface area contributed by atoms with Crippen LogP contribution < -0.4 is 5.56 Å². The van der Waals surface area contributed by atoms with Crippen LogP contribution in [0.5, 0.6) is 0 Å². The first kappa shape index (κ1) is 16.6. The van der Waals surface area contributed by atoms with Crippen molar-refractivity contribution in [1.29, 1.82) is 0 Å². The molecule has 5 nitrogen and oxygen atoms in total. The molecule has 0 saturated heterocycles. The number of halogens is 1. The molecule has 0 radical (unpaired) electrons. The first-order chi connectivity index (χ1) is 10.7. The fraction of sp³-hybridized carbons (Fsp3) is 0.438. The smallest absolute Gasteiger partial charge is 0.266 e. The summed E-state index contributed by atoms with van der Waals surface area (Å²) in [5.74, 6) is 0. The Morgan fingerprint density at radius 3 is 2.64 bits per heavy atom. The highest BCUT2D eigenvalue weighted by molar-refractivity contribution is 6.30. The Morgan fingerprint density at radius 2 is 1.91 bits per heavy atom. The molecule has 22 heavy (non-hydrogen) atoms. The maximum absolute atomic E-state index is 11.8. The Balaban J connectivity index is 1.98. The van der Waals surface area contributed by atoms with Gasteiger partial charge in [0.2, 0.25) is 0 Å². The van der Waals surface area contributed by atoms with Crippen LogP contribution in [0.2, 0.25) is 5.02 Å². The quantitative estimate of drug-likeness (QED) is 0.701. The van der Waals surface area contributed by atoms with Crippen LogP contribution in [0.25, 0.3) is 11.4 Å². The van der Waals surface area contributed by atoms with E-state index in [9.17, 15) is 4.79 Å². The zero-order valence-electron chi connectivity index (χ0n) is 12.7. The lowest BCUT2D eigenvalue weighted by Gasteiger charge is -2.07. The molecule has 2 aromatic rings. The molecule has 0 saturated carbocycles. The maximum atomic E-state index is 11.8. The largest absolute Gasteiger partial charge is 0.381 e. The number of aryl methyl sites for hydroxylation is 1. The maximum Gasteiger partial charge on any atom is 0.266 e. The summed E-state index contributed by atoms with van der Waals surface area (Å²) in [7, 11) is 0. The van der Waals surface area contributed by atoms with E-state index in [1.54, 1.807) is 24.4 Å². The van der Waals surface area contributed by atoms with Gasteiger partial charge in [-0.2, -0.15) is 5.10 Å². The highest BCUT2D eigenvalue weighted by Crippen LogP contribution is 2.14. The van der Waals surface area contributed by atoms with Crippen molar-refractivity contribution < 1.29 is 4.74 Å². The number of nitrogens with zero attached hydrogens (tertiary/aromatic N) is 3. The van der Waals surface area contributed by atoms with Gasteiger partial charge in [-0.3, -0.25) is 9.78 Å². The number of unbranched alkanes of at least 4 members (excludes halogenated alkanes) is 1. The average molecular weight is 322 g/mol. The van der Waals surface area contributed by atoms with Gasteiger partial charge >= 0.3 is 0 Å². The standard InChI is InChI=1S/C16H20ClN3O2/c1-2-3-10-22-11-4-9-20-16(21)8-7-15(19-20)14-6-5-13(17)12-18-14/h5-8,12H,2-4,9-11H2,1H3. The number of hydrogen-bond acceptors (Lipinski definition) is 4. The minimum atomic E-state index is -0.119. The average Bonchev–Trinajstić information content (AvgIpc) is 2.53. The number of rotatable bonds is 8. The number of aromatic nitrogens is 3. The van der Waals surface area contributed by atoms with Gasteiger partial charge in [0.15, 0.2) is 0 Å². The summed E-state index contributed by atoms with van der Waals surface area (Å²) in [6.07, 6.45) is 4.51. The Kier molecular flexibility index (Phi) is 6.55. The molecule has 2 aromatic heterocycles. The van der Waals surface area contributed by atoms with E-state index in [1.807, 2.05) is 0 Å². The number of hydrogen-bond donors (Lipinski definition) is 0. The Hall–Kier alpha value is -1.72. The lowest BCUT2D eigenvalue weighted by molar-refractivity contribution is 0.125. The Bertz CT molecular complexity index is 641. The highest BCUT2D eigenvalue weighted by atomic mass is 35.5. The lowest BCUT2D eigenvalue weighted by Crippen LogP contribution is -2.23. The van der Waals surface area contributed by atoms with Crippen molar-refractivity contribution in [2.75, 3.05) is 13.2 Å². The van der Waals surface area contributed by atoms with Gasteiger partial charge in [0.25, 0.3) is 5.56 Å². The third-order valence-electron chi connectivity index (χ3n) is 3.16. The van der Waals surface area contributed by atoms with Gasteiger partial charge in [0.1, 0.15) is 5.69 Å². The van der Waals surface area contributed by atoms with Crippen molar-refractivity contribution in [3.63, 3.8) is 0 Å². The van der Waals surface area contributed by atoms with Gasteiger partial charge in [0.05, 0.1) is 10.7 Å². The monoisotopic (exact) mass is 321 g/mol. The van der Waals surface area contributed by atoms with E-state index in [2.05, 4.69) is 17.0 Å². The highest BCUT2D eigenvalue weighted by Gasteiger charge is 2.04. The molecule has 2 rings (SSSR count). The molecular weight excluding hydrogens is 302 g/mol. The summed E-state index contributed by atoms with van der Waals surface area (Å²) >= 11 is 5.82. The molecule has 0 aliphatic heterocycles. The van der Waals surface area contributed by atoms with Crippen LogP contribution in [0, 0.1) is 0 Å². The molecule has 0 aliphatic carbocycles. The molecule has 0 bridgehead atoms. The summed E-state index contributed by atoms with van der Waals surface area (Å²) in [6, 6.07) is 6.72. The Labute approximate surface area is 134 Å². The van der Waals surface area contributed by atoms with Gasteiger partial charge in [-0.05, 0) is 31.0 Å². The molecule has 0 aliphatic rings.